The van der Waals surface area contributed by atoms with E-state index in [2.05, 4.69) is 43.9 Å². The lowest BCUT2D eigenvalue weighted by Gasteiger charge is -2.34. The quantitative estimate of drug-likeness (QED) is 0.687. The van der Waals surface area contributed by atoms with Crippen molar-refractivity contribution in [2.24, 2.45) is 5.73 Å². The highest BCUT2D eigenvalue weighted by Gasteiger charge is 2.19. The molecule has 0 saturated carbocycles. The minimum Gasteiger partial charge on any atom is -0.395 e. The zero-order valence-corrected chi connectivity index (χ0v) is 13.7. The molecule has 114 valence electrons. The molecule has 0 bridgehead atoms. The summed E-state index contributed by atoms with van der Waals surface area (Å²) < 4.78 is 0. The molecule has 0 fully saturated rings. The first-order valence-corrected chi connectivity index (χ1v) is 8.54. The number of benzene rings is 1. The van der Waals surface area contributed by atoms with Crippen LogP contribution in [0.4, 0.5) is 5.69 Å². The summed E-state index contributed by atoms with van der Waals surface area (Å²) in [5.41, 5.74) is 8.39. The van der Waals surface area contributed by atoms with Crippen molar-refractivity contribution in [2.75, 3.05) is 23.8 Å². The number of nitrogens with two attached hydrogens (primary N) is 1. The summed E-state index contributed by atoms with van der Waals surface area (Å²) in [6, 6.07) is 6.83. The molecule has 1 rings (SSSR count). The van der Waals surface area contributed by atoms with Crippen LogP contribution in [0.25, 0.3) is 0 Å². The van der Waals surface area contributed by atoms with Crippen LogP contribution in [0.5, 0.6) is 0 Å². The van der Waals surface area contributed by atoms with Gasteiger partial charge in [0.15, 0.2) is 0 Å². The molecule has 0 unspecified atom stereocenters. The zero-order valence-electron chi connectivity index (χ0n) is 12.9. The maximum Gasteiger partial charge on any atom is 0.0606 e. The van der Waals surface area contributed by atoms with Gasteiger partial charge in [0.25, 0.3) is 0 Å². The zero-order chi connectivity index (χ0) is 15.0. The largest absolute Gasteiger partial charge is 0.395 e. The van der Waals surface area contributed by atoms with E-state index in [1.807, 2.05) is 11.8 Å². The van der Waals surface area contributed by atoms with Crippen LogP contribution in [0.15, 0.2) is 23.1 Å². The molecule has 1 aromatic carbocycles. The standard InChI is InChI=1S/C16H28N2OS/c1-4-13(5-2)18(10-11-19)15-8-7-9-16(20-6-3)14(15)12-17/h7-9,13,19H,4-6,10-12,17H2,1-3H3. The Morgan fingerprint density at radius 3 is 2.45 bits per heavy atom. The van der Waals surface area contributed by atoms with Gasteiger partial charge in [-0.05, 0) is 30.7 Å². The molecular weight excluding hydrogens is 268 g/mol. The van der Waals surface area contributed by atoms with Crippen LogP contribution in [0.1, 0.15) is 39.2 Å². The van der Waals surface area contributed by atoms with Gasteiger partial charge in [-0.3, -0.25) is 0 Å². The van der Waals surface area contributed by atoms with Crippen molar-refractivity contribution in [3.63, 3.8) is 0 Å². The van der Waals surface area contributed by atoms with Gasteiger partial charge in [-0.15, -0.1) is 11.8 Å². The van der Waals surface area contributed by atoms with Crippen LogP contribution in [0, 0.1) is 0 Å². The third-order valence-corrected chi connectivity index (χ3v) is 4.63. The number of hydrogen-bond acceptors (Lipinski definition) is 4. The number of rotatable bonds is 9. The predicted molar refractivity (Wildman–Crippen MR) is 89.5 cm³/mol. The van der Waals surface area contributed by atoms with Gasteiger partial charge in [0.2, 0.25) is 0 Å². The van der Waals surface area contributed by atoms with E-state index in [0.29, 0.717) is 19.1 Å². The Labute approximate surface area is 127 Å². The van der Waals surface area contributed by atoms with Crippen molar-refractivity contribution in [2.45, 2.75) is 51.1 Å². The average Bonchev–Trinajstić information content (AvgIpc) is 2.47. The number of aliphatic hydroxyl groups excluding tert-OH is 1. The maximum atomic E-state index is 9.40. The SMILES string of the molecule is CCSc1cccc(N(CCO)C(CC)CC)c1CN. The van der Waals surface area contributed by atoms with Crippen LogP contribution in [-0.4, -0.2) is 30.1 Å². The topological polar surface area (TPSA) is 49.5 Å². The fourth-order valence-corrected chi connectivity index (χ4v) is 3.50. The highest BCUT2D eigenvalue weighted by molar-refractivity contribution is 7.99. The summed E-state index contributed by atoms with van der Waals surface area (Å²) in [6.07, 6.45) is 2.15. The van der Waals surface area contributed by atoms with Crippen molar-refractivity contribution >= 4 is 17.4 Å². The third kappa shape index (κ3) is 4.14. The lowest BCUT2D eigenvalue weighted by molar-refractivity contribution is 0.296. The number of aliphatic hydroxyl groups is 1. The van der Waals surface area contributed by atoms with E-state index >= 15 is 0 Å². The molecule has 0 atom stereocenters. The molecule has 3 nitrogen and oxygen atoms in total. The van der Waals surface area contributed by atoms with Crippen LogP contribution in [0.3, 0.4) is 0 Å². The van der Waals surface area contributed by atoms with E-state index in [-0.39, 0.29) is 6.61 Å². The molecule has 0 heterocycles. The summed E-state index contributed by atoms with van der Waals surface area (Å²) in [6.45, 7) is 7.94. The lowest BCUT2D eigenvalue weighted by atomic mass is 10.1. The van der Waals surface area contributed by atoms with Gasteiger partial charge in [-0.25, -0.2) is 0 Å². The highest BCUT2D eigenvalue weighted by Crippen LogP contribution is 2.32. The second-order valence-electron chi connectivity index (χ2n) is 4.78. The van der Waals surface area contributed by atoms with Gasteiger partial charge < -0.3 is 15.7 Å². The van der Waals surface area contributed by atoms with Gasteiger partial charge in [-0.2, -0.15) is 0 Å². The van der Waals surface area contributed by atoms with Gasteiger partial charge in [0, 0.05) is 35.3 Å². The Kier molecular flexibility index (Phi) is 8.04. The lowest BCUT2D eigenvalue weighted by Crippen LogP contribution is -2.37. The highest BCUT2D eigenvalue weighted by atomic mass is 32.2. The van der Waals surface area contributed by atoms with E-state index < -0.39 is 0 Å². The van der Waals surface area contributed by atoms with Crippen molar-refractivity contribution in [3.05, 3.63) is 23.8 Å². The van der Waals surface area contributed by atoms with Gasteiger partial charge in [-0.1, -0.05) is 26.8 Å². The Morgan fingerprint density at radius 2 is 1.95 bits per heavy atom. The first-order chi connectivity index (χ1) is 9.73. The molecule has 4 heteroatoms. The van der Waals surface area contributed by atoms with Gasteiger partial charge >= 0.3 is 0 Å². The Balaban J connectivity index is 3.20. The van der Waals surface area contributed by atoms with E-state index in [1.165, 1.54) is 16.1 Å². The Hall–Kier alpha value is -0.710. The maximum absolute atomic E-state index is 9.40. The Bertz CT molecular complexity index is 394. The van der Waals surface area contributed by atoms with Crippen LogP contribution >= 0.6 is 11.8 Å². The first kappa shape index (κ1) is 17.3. The van der Waals surface area contributed by atoms with Crippen molar-refractivity contribution in [1.29, 1.82) is 0 Å². The van der Waals surface area contributed by atoms with E-state index in [9.17, 15) is 5.11 Å². The number of hydrogen-bond donors (Lipinski definition) is 2. The molecule has 0 radical (unpaired) electrons. The van der Waals surface area contributed by atoms with Gasteiger partial charge in [0.1, 0.15) is 0 Å². The van der Waals surface area contributed by atoms with Crippen LogP contribution in [-0.2, 0) is 6.54 Å². The number of nitrogens with zero attached hydrogens (tertiary/aromatic N) is 1. The minimum absolute atomic E-state index is 0.172. The molecular formula is C16H28N2OS. The van der Waals surface area contributed by atoms with E-state index in [1.54, 1.807) is 0 Å². The van der Waals surface area contributed by atoms with Crippen molar-refractivity contribution in [1.82, 2.24) is 0 Å². The Morgan fingerprint density at radius 1 is 1.25 bits per heavy atom. The normalized spacial score (nSPS) is 11.1. The molecule has 0 aliphatic heterocycles. The molecule has 3 N–H and O–H groups in total. The number of thioether (sulfide) groups is 1. The van der Waals surface area contributed by atoms with Gasteiger partial charge in [0.05, 0.1) is 6.61 Å². The summed E-state index contributed by atoms with van der Waals surface area (Å²) in [5.74, 6) is 1.04. The predicted octanol–water partition coefficient (Wildman–Crippen LogP) is 3.24. The van der Waals surface area contributed by atoms with Crippen molar-refractivity contribution < 1.29 is 5.11 Å². The molecule has 0 amide bonds. The molecule has 1 aromatic rings. The third-order valence-electron chi connectivity index (χ3n) is 3.65. The second-order valence-corrected chi connectivity index (χ2v) is 6.08. The smallest absolute Gasteiger partial charge is 0.0606 e. The summed E-state index contributed by atoms with van der Waals surface area (Å²) in [7, 11) is 0. The average molecular weight is 296 g/mol. The number of anilines is 1. The fraction of sp³-hybridized carbons (Fsp3) is 0.625. The molecule has 0 aliphatic rings. The van der Waals surface area contributed by atoms with Crippen LogP contribution in [0.2, 0.25) is 0 Å². The summed E-state index contributed by atoms with van der Waals surface area (Å²) >= 11 is 1.83. The monoisotopic (exact) mass is 296 g/mol. The van der Waals surface area contributed by atoms with Crippen LogP contribution < -0.4 is 10.6 Å². The summed E-state index contributed by atoms with van der Waals surface area (Å²) in [5, 5.41) is 9.40. The van der Waals surface area contributed by atoms with Crippen molar-refractivity contribution in [3.8, 4) is 0 Å². The van der Waals surface area contributed by atoms with E-state index in [4.69, 9.17) is 5.73 Å². The summed E-state index contributed by atoms with van der Waals surface area (Å²) in [4.78, 5) is 3.59. The minimum atomic E-state index is 0.172. The molecule has 0 aromatic heterocycles. The first-order valence-electron chi connectivity index (χ1n) is 7.55. The fourth-order valence-electron chi connectivity index (χ4n) is 2.66. The molecule has 0 aliphatic carbocycles. The molecule has 0 spiro atoms. The second kappa shape index (κ2) is 9.27. The van der Waals surface area contributed by atoms with E-state index in [0.717, 1.165) is 18.6 Å². The molecule has 20 heavy (non-hydrogen) atoms. The molecule has 0 saturated heterocycles.